The molecular formula is C20H20ClN3O3. The van der Waals surface area contributed by atoms with Crippen LogP contribution in [0, 0.1) is 6.92 Å². The quantitative estimate of drug-likeness (QED) is 0.695. The SMILES string of the molecule is Cc1nonc1CN(C)C(=O)C[C@H](c1cccc(O)c1)c1ccccc1Cl. The normalized spacial score (nSPS) is 12.0. The molecular weight excluding hydrogens is 366 g/mol. The predicted molar refractivity (Wildman–Crippen MR) is 102 cm³/mol. The third kappa shape index (κ3) is 4.46. The number of phenols is 1. The van der Waals surface area contributed by atoms with Gasteiger partial charge >= 0.3 is 0 Å². The summed E-state index contributed by atoms with van der Waals surface area (Å²) in [5, 5.41) is 18.0. The Bertz CT molecular complexity index is 941. The maximum Gasteiger partial charge on any atom is 0.223 e. The highest BCUT2D eigenvalue weighted by Crippen LogP contribution is 2.34. The molecule has 0 radical (unpaired) electrons. The highest BCUT2D eigenvalue weighted by atomic mass is 35.5. The maximum absolute atomic E-state index is 12.9. The lowest BCUT2D eigenvalue weighted by molar-refractivity contribution is -0.130. The molecule has 3 rings (SSSR count). The van der Waals surface area contributed by atoms with Crippen LogP contribution in [0.1, 0.15) is 34.9 Å². The topological polar surface area (TPSA) is 79.5 Å². The molecule has 1 amide bonds. The summed E-state index contributed by atoms with van der Waals surface area (Å²) in [5.41, 5.74) is 2.94. The van der Waals surface area contributed by atoms with Crippen LogP contribution < -0.4 is 0 Å². The van der Waals surface area contributed by atoms with Crippen molar-refractivity contribution in [1.82, 2.24) is 15.2 Å². The van der Waals surface area contributed by atoms with Crippen LogP contribution >= 0.6 is 11.6 Å². The summed E-state index contributed by atoms with van der Waals surface area (Å²) in [6, 6.07) is 14.3. The van der Waals surface area contributed by atoms with Gasteiger partial charge in [-0.2, -0.15) is 0 Å². The molecule has 0 saturated carbocycles. The summed E-state index contributed by atoms with van der Waals surface area (Å²) in [6.45, 7) is 2.09. The van der Waals surface area contributed by atoms with E-state index in [0.717, 1.165) is 11.1 Å². The Morgan fingerprint density at radius 3 is 2.67 bits per heavy atom. The van der Waals surface area contributed by atoms with Gasteiger partial charge in [-0.1, -0.05) is 52.2 Å². The number of phenolic OH excluding ortho intramolecular Hbond substituents is 1. The first-order chi connectivity index (χ1) is 13.0. The molecule has 6 nitrogen and oxygen atoms in total. The Labute approximate surface area is 162 Å². The molecule has 1 aromatic heterocycles. The van der Waals surface area contributed by atoms with Crippen molar-refractivity contribution in [2.75, 3.05) is 7.05 Å². The summed E-state index contributed by atoms with van der Waals surface area (Å²) in [4.78, 5) is 14.5. The average molecular weight is 386 g/mol. The third-order valence-corrected chi connectivity index (χ3v) is 4.84. The van der Waals surface area contributed by atoms with Gasteiger partial charge in [0.25, 0.3) is 0 Å². The second-order valence-corrected chi connectivity index (χ2v) is 6.83. The number of aromatic hydroxyl groups is 1. The van der Waals surface area contributed by atoms with E-state index in [-0.39, 0.29) is 24.0 Å². The fraction of sp³-hybridized carbons (Fsp3) is 0.250. The lowest BCUT2D eigenvalue weighted by Gasteiger charge is -2.23. The Balaban J connectivity index is 1.86. The molecule has 140 valence electrons. The van der Waals surface area contributed by atoms with Gasteiger partial charge in [0.15, 0.2) is 0 Å². The van der Waals surface area contributed by atoms with E-state index in [2.05, 4.69) is 10.3 Å². The van der Waals surface area contributed by atoms with Crippen molar-refractivity contribution in [3.63, 3.8) is 0 Å². The minimum absolute atomic E-state index is 0.0781. The van der Waals surface area contributed by atoms with Crippen LogP contribution in [0.4, 0.5) is 0 Å². The van der Waals surface area contributed by atoms with E-state index in [9.17, 15) is 9.90 Å². The van der Waals surface area contributed by atoms with Crippen LogP contribution in [0.5, 0.6) is 5.75 Å². The van der Waals surface area contributed by atoms with Crippen molar-refractivity contribution < 1.29 is 14.5 Å². The lowest BCUT2D eigenvalue weighted by atomic mass is 9.88. The van der Waals surface area contributed by atoms with E-state index < -0.39 is 0 Å². The molecule has 7 heteroatoms. The number of halogens is 1. The van der Waals surface area contributed by atoms with Crippen molar-refractivity contribution >= 4 is 17.5 Å². The highest BCUT2D eigenvalue weighted by Gasteiger charge is 2.23. The minimum atomic E-state index is -0.280. The molecule has 0 aliphatic heterocycles. The van der Waals surface area contributed by atoms with Gasteiger partial charge < -0.3 is 10.0 Å². The van der Waals surface area contributed by atoms with Gasteiger partial charge in [-0.05, 0) is 36.2 Å². The zero-order valence-corrected chi connectivity index (χ0v) is 15.8. The predicted octanol–water partition coefficient (Wildman–Crippen LogP) is 3.92. The second-order valence-electron chi connectivity index (χ2n) is 6.42. The first-order valence-corrected chi connectivity index (χ1v) is 8.89. The van der Waals surface area contributed by atoms with E-state index in [1.165, 1.54) is 0 Å². The number of nitrogens with zero attached hydrogens (tertiary/aromatic N) is 3. The van der Waals surface area contributed by atoms with Crippen molar-refractivity contribution in [2.24, 2.45) is 0 Å². The van der Waals surface area contributed by atoms with E-state index >= 15 is 0 Å². The number of benzene rings is 2. The third-order valence-electron chi connectivity index (χ3n) is 4.49. The van der Waals surface area contributed by atoms with Crippen LogP contribution in [0.15, 0.2) is 53.2 Å². The molecule has 0 aliphatic rings. The highest BCUT2D eigenvalue weighted by molar-refractivity contribution is 6.31. The smallest absolute Gasteiger partial charge is 0.223 e. The minimum Gasteiger partial charge on any atom is -0.508 e. The molecule has 0 fully saturated rings. The van der Waals surface area contributed by atoms with Crippen LogP contribution in [-0.2, 0) is 11.3 Å². The van der Waals surface area contributed by atoms with Gasteiger partial charge in [0, 0.05) is 24.4 Å². The molecule has 0 saturated heterocycles. The number of rotatable bonds is 6. The van der Waals surface area contributed by atoms with Crippen molar-refractivity contribution in [1.29, 1.82) is 0 Å². The molecule has 3 aromatic rings. The van der Waals surface area contributed by atoms with Gasteiger partial charge in [0.1, 0.15) is 17.1 Å². The number of aryl methyl sites for hydroxylation is 1. The number of carbonyl (C=O) groups is 1. The van der Waals surface area contributed by atoms with Gasteiger partial charge in [-0.15, -0.1) is 0 Å². The van der Waals surface area contributed by atoms with Crippen LogP contribution in [-0.4, -0.2) is 33.3 Å². The lowest BCUT2D eigenvalue weighted by Crippen LogP contribution is -2.28. The van der Waals surface area contributed by atoms with Crippen LogP contribution in [0.2, 0.25) is 5.02 Å². The van der Waals surface area contributed by atoms with E-state index in [1.807, 2.05) is 24.3 Å². The molecule has 1 heterocycles. The summed E-state index contributed by atoms with van der Waals surface area (Å²) >= 11 is 6.39. The number of aromatic nitrogens is 2. The Hall–Kier alpha value is -2.86. The first kappa shape index (κ1) is 18.9. The second kappa shape index (κ2) is 8.22. The maximum atomic E-state index is 12.9. The molecule has 2 aromatic carbocycles. The van der Waals surface area contributed by atoms with Gasteiger partial charge in [0.05, 0.1) is 6.54 Å². The molecule has 1 atom stereocenters. The summed E-state index contributed by atoms with van der Waals surface area (Å²) in [5.74, 6) is -0.211. The number of carbonyl (C=O) groups excluding carboxylic acids is 1. The molecule has 0 aliphatic carbocycles. The molecule has 0 spiro atoms. The van der Waals surface area contributed by atoms with Crippen molar-refractivity contribution in [3.8, 4) is 5.75 Å². The zero-order valence-electron chi connectivity index (χ0n) is 15.1. The fourth-order valence-corrected chi connectivity index (χ4v) is 3.21. The summed E-state index contributed by atoms with van der Waals surface area (Å²) < 4.78 is 4.69. The molecule has 27 heavy (non-hydrogen) atoms. The number of amides is 1. The summed E-state index contributed by atoms with van der Waals surface area (Å²) in [7, 11) is 1.71. The molecule has 1 N–H and O–H groups in total. The van der Waals surface area contributed by atoms with Gasteiger partial charge in [-0.25, -0.2) is 4.63 Å². The van der Waals surface area contributed by atoms with Gasteiger partial charge in [-0.3, -0.25) is 4.79 Å². The Morgan fingerprint density at radius 1 is 1.22 bits per heavy atom. The van der Waals surface area contributed by atoms with Crippen LogP contribution in [0.25, 0.3) is 0 Å². The van der Waals surface area contributed by atoms with E-state index in [4.69, 9.17) is 16.2 Å². The largest absolute Gasteiger partial charge is 0.508 e. The molecule has 0 bridgehead atoms. The van der Waals surface area contributed by atoms with Crippen molar-refractivity contribution in [3.05, 3.63) is 76.1 Å². The van der Waals surface area contributed by atoms with E-state index in [1.54, 1.807) is 43.1 Å². The zero-order chi connectivity index (χ0) is 19.4. The van der Waals surface area contributed by atoms with Gasteiger partial charge in [0.2, 0.25) is 5.91 Å². The Kier molecular flexibility index (Phi) is 5.76. The fourth-order valence-electron chi connectivity index (χ4n) is 2.94. The van der Waals surface area contributed by atoms with Crippen LogP contribution in [0.3, 0.4) is 0 Å². The summed E-state index contributed by atoms with van der Waals surface area (Å²) in [6.07, 6.45) is 0.202. The molecule has 0 unspecified atom stereocenters. The number of hydrogen-bond donors (Lipinski definition) is 1. The standard InChI is InChI=1S/C20H20ClN3O3/c1-13-19(23-27-22-13)12-24(2)20(26)11-17(14-6-5-7-15(25)10-14)16-8-3-4-9-18(16)21/h3-10,17,25H,11-12H2,1-2H3/t17-/m1/s1. The van der Waals surface area contributed by atoms with E-state index in [0.29, 0.717) is 23.0 Å². The monoisotopic (exact) mass is 385 g/mol. The Morgan fingerprint density at radius 2 is 2.00 bits per heavy atom. The average Bonchev–Trinajstić information content (AvgIpc) is 3.05. The number of hydrogen-bond acceptors (Lipinski definition) is 5. The van der Waals surface area contributed by atoms with Crippen molar-refractivity contribution in [2.45, 2.75) is 25.8 Å². The first-order valence-electron chi connectivity index (χ1n) is 8.51.